The van der Waals surface area contributed by atoms with E-state index >= 15 is 0 Å². The quantitative estimate of drug-likeness (QED) is 0.617. The summed E-state index contributed by atoms with van der Waals surface area (Å²) >= 11 is 0. The lowest BCUT2D eigenvalue weighted by atomic mass is 9.78. The van der Waals surface area contributed by atoms with Crippen molar-refractivity contribution in [3.63, 3.8) is 0 Å². The first-order chi connectivity index (χ1) is 7.96. The van der Waals surface area contributed by atoms with E-state index in [1.165, 1.54) is 0 Å². The predicted octanol–water partition coefficient (Wildman–Crippen LogP) is 4.61. The average Bonchev–Trinajstić information content (AvgIpc) is 2.77. The van der Waals surface area contributed by atoms with Gasteiger partial charge in [-0.2, -0.15) is 0 Å². The molecule has 0 heterocycles. The standard InChI is InChI=1S/C15H18F2/c1-10-5-6-11(2)13-12(10)14(7-3-4-8-14)9-15(13,16)17/h5-6H,3-4,7-9H2,1-2H3. The summed E-state index contributed by atoms with van der Waals surface area (Å²) in [5.74, 6) is -2.62. The van der Waals surface area contributed by atoms with Crippen LogP contribution in [-0.2, 0) is 11.3 Å². The number of rotatable bonds is 0. The second-order valence-electron chi connectivity index (χ2n) is 5.82. The third-order valence-electron chi connectivity index (χ3n) is 4.64. The number of benzene rings is 1. The van der Waals surface area contributed by atoms with Crippen LogP contribution in [-0.4, -0.2) is 0 Å². The van der Waals surface area contributed by atoms with Crippen molar-refractivity contribution < 1.29 is 8.78 Å². The molecule has 92 valence electrons. The summed E-state index contributed by atoms with van der Waals surface area (Å²) in [6.07, 6.45) is 4.13. The molecule has 2 aliphatic carbocycles. The molecule has 2 heteroatoms. The van der Waals surface area contributed by atoms with Crippen molar-refractivity contribution in [1.29, 1.82) is 0 Å². The Balaban J connectivity index is 2.29. The van der Waals surface area contributed by atoms with E-state index in [4.69, 9.17) is 0 Å². The van der Waals surface area contributed by atoms with Gasteiger partial charge in [-0.25, -0.2) is 8.78 Å². The maximum atomic E-state index is 14.3. The molecule has 1 spiro atoms. The minimum Gasteiger partial charge on any atom is -0.201 e. The van der Waals surface area contributed by atoms with Crippen LogP contribution in [0.25, 0.3) is 0 Å². The highest BCUT2D eigenvalue weighted by atomic mass is 19.3. The van der Waals surface area contributed by atoms with Crippen LogP contribution in [0.2, 0.25) is 0 Å². The molecule has 0 bridgehead atoms. The van der Waals surface area contributed by atoms with Gasteiger partial charge >= 0.3 is 0 Å². The molecule has 0 N–H and O–H groups in total. The first-order valence-electron chi connectivity index (χ1n) is 6.45. The fourth-order valence-electron chi connectivity index (χ4n) is 4.05. The van der Waals surface area contributed by atoms with E-state index in [1.807, 2.05) is 26.0 Å². The fourth-order valence-corrected chi connectivity index (χ4v) is 4.05. The van der Waals surface area contributed by atoms with Gasteiger partial charge in [0.1, 0.15) is 0 Å². The third-order valence-corrected chi connectivity index (χ3v) is 4.64. The number of hydrogen-bond donors (Lipinski definition) is 0. The zero-order chi connectivity index (χ0) is 12.3. The summed E-state index contributed by atoms with van der Waals surface area (Å²) in [6, 6.07) is 3.85. The van der Waals surface area contributed by atoms with Crippen LogP contribution in [0.15, 0.2) is 12.1 Å². The van der Waals surface area contributed by atoms with E-state index in [1.54, 1.807) is 0 Å². The Kier molecular flexibility index (Phi) is 2.17. The van der Waals surface area contributed by atoms with Gasteiger partial charge in [0.05, 0.1) is 0 Å². The van der Waals surface area contributed by atoms with Crippen molar-refractivity contribution in [2.24, 2.45) is 0 Å². The van der Waals surface area contributed by atoms with Crippen LogP contribution in [0.4, 0.5) is 8.78 Å². The molecule has 0 nitrogen and oxygen atoms in total. The monoisotopic (exact) mass is 236 g/mol. The van der Waals surface area contributed by atoms with E-state index in [0.717, 1.165) is 42.4 Å². The van der Waals surface area contributed by atoms with Crippen molar-refractivity contribution in [2.45, 2.75) is 57.3 Å². The fraction of sp³-hybridized carbons (Fsp3) is 0.600. The van der Waals surface area contributed by atoms with E-state index < -0.39 is 5.92 Å². The molecule has 2 aliphatic rings. The van der Waals surface area contributed by atoms with E-state index in [-0.39, 0.29) is 11.8 Å². The number of aryl methyl sites for hydroxylation is 2. The molecule has 1 aromatic carbocycles. The first-order valence-corrected chi connectivity index (χ1v) is 6.45. The van der Waals surface area contributed by atoms with Crippen LogP contribution in [0.5, 0.6) is 0 Å². The van der Waals surface area contributed by atoms with Crippen molar-refractivity contribution >= 4 is 0 Å². The zero-order valence-electron chi connectivity index (χ0n) is 10.4. The van der Waals surface area contributed by atoms with Crippen molar-refractivity contribution in [2.75, 3.05) is 0 Å². The SMILES string of the molecule is Cc1ccc(C)c2c1C(F)(F)CC21CCCC1. The average molecular weight is 236 g/mol. The molecule has 0 aliphatic heterocycles. The van der Waals surface area contributed by atoms with Crippen LogP contribution in [0, 0.1) is 13.8 Å². The largest absolute Gasteiger partial charge is 0.274 e. The van der Waals surface area contributed by atoms with Gasteiger partial charge in [-0.1, -0.05) is 25.0 Å². The minimum atomic E-state index is -2.62. The molecule has 1 aromatic rings. The Hall–Kier alpha value is -0.920. The summed E-state index contributed by atoms with van der Waals surface area (Å²) in [7, 11) is 0. The Labute approximate surface area is 101 Å². The summed E-state index contributed by atoms with van der Waals surface area (Å²) in [6.45, 7) is 3.81. The summed E-state index contributed by atoms with van der Waals surface area (Å²) < 4.78 is 28.5. The number of hydrogen-bond acceptors (Lipinski definition) is 0. The lowest BCUT2D eigenvalue weighted by Gasteiger charge is -2.25. The number of halogens is 2. The molecule has 0 radical (unpaired) electrons. The zero-order valence-corrected chi connectivity index (χ0v) is 10.4. The van der Waals surface area contributed by atoms with Crippen LogP contribution in [0.1, 0.15) is 54.4 Å². The van der Waals surface area contributed by atoms with Crippen LogP contribution in [0.3, 0.4) is 0 Å². The van der Waals surface area contributed by atoms with Crippen molar-refractivity contribution in [3.8, 4) is 0 Å². The maximum absolute atomic E-state index is 14.3. The predicted molar refractivity (Wildman–Crippen MR) is 64.6 cm³/mol. The van der Waals surface area contributed by atoms with E-state index in [9.17, 15) is 8.78 Å². The van der Waals surface area contributed by atoms with Gasteiger partial charge in [-0.15, -0.1) is 0 Å². The van der Waals surface area contributed by atoms with Crippen LogP contribution >= 0.6 is 0 Å². The second-order valence-corrected chi connectivity index (χ2v) is 5.82. The highest BCUT2D eigenvalue weighted by Gasteiger charge is 2.55. The highest BCUT2D eigenvalue weighted by molar-refractivity contribution is 5.52. The Morgan fingerprint density at radius 3 is 2.06 bits per heavy atom. The molecular formula is C15H18F2. The van der Waals surface area contributed by atoms with Gasteiger partial charge in [0, 0.05) is 17.4 Å². The lowest BCUT2D eigenvalue weighted by molar-refractivity contribution is -0.0178. The Bertz CT molecular complexity index is 468. The number of alkyl halides is 2. The molecule has 0 atom stereocenters. The van der Waals surface area contributed by atoms with E-state index in [2.05, 4.69) is 0 Å². The van der Waals surface area contributed by atoms with Gasteiger partial charge in [0.2, 0.25) is 0 Å². The molecule has 0 aromatic heterocycles. The maximum Gasteiger partial charge on any atom is 0.274 e. The highest BCUT2D eigenvalue weighted by Crippen LogP contribution is 2.59. The summed E-state index contributed by atoms with van der Waals surface area (Å²) in [5, 5.41) is 0. The second kappa shape index (κ2) is 3.30. The summed E-state index contributed by atoms with van der Waals surface area (Å²) in [5.41, 5.74) is 2.94. The third kappa shape index (κ3) is 1.39. The molecule has 1 saturated carbocycles. The topological polar surface area (TPSA) is 0 Å². The molecule has 0 amide bonds. The lowest BCUT2D eigenvalue weighted by Crippen LogP contribution is -2.21. The molecular weight excluding hydrogens is 218 g/mol. The molecule has 1 fully saturated rings. The molecule has 0 saturated heterocycles. The van der Waals surface area contributed by atoms with Gasteiger partial charge in [-0.05, 0) is 43.4 Å². The Morgan fingerprint density at radius 1 is 0.941 bits per heavy atom. The van der Waals surface area contributed by atoms with Gasteiger partial charge in [0.25, 0.3) is 5.92 Å². The van der Waals surface area contributed by atoms with Gasteiger partial charge in [0.15, 0.2) is 0 Å². The Morgan fingerprint density at radius 2 is 1.47 bits per heavy atom. The molecule has 3 rings (SSSR count). The molecule has 17 heavy (non-hydrogen) atoms. The smallest absolute Gasteiger partial charge is 0.201 e. The molecule has 0 unspecified atom stereocenters. The normalized spacial score (nSPS) is 24.2. The first kappa shape index (κ1) is 11.2. The minimum absolute atomic E-state index is 0.0427. The van der Waals surface area contributed by atoms with Gasteiger partial charge < -0.3 is 0 Å². The van der Waals surface area contributed by atoms with Crippen molar-refractivity contribution in [1.82, 2.24) is 0 Å². The van der Waals surface area contributed by atoms with Crippen molar-refractivity contribution in [3.05, 3.63) is 34.4 Å². The number of fused-ring (bicyclic) bond motifs is 2. The van der Waals surface area contributed by atoms with Gasteiger partial charge in [-0.3, -0.25) is 0 Å². The van der Waals surface area contributed by atoms with Crippen LogP contribution < -0.4 is 0 Å². The van der Waals surface area contributed by atoms with E-state index in [0.29, 0.717) is 5.56 Å². The summed E-state index contributed by atoms with van der Waals surface area (Å²) in [4.78, 5) is 0.